The molecule has 0 atom stereocenters. The van der Waals surface area contributed by atoms with Gasteiger partial charge in [0.15, 0.2) is 11.5 Å². The van der Waals surface area contributed by atoms with Gasteiger partial charge in [-0.25, -0.2) is 0 Å². The van der Waals surface area contributed by atoms with Crippen LogP contribution in [0.15, 0.2) is 36.4 Å². The summed E-state index contributed by atoms with van der Waals surface area (Å²) in [6.45, 7) is 2.68. The quantitative estimate of drug-likeness (QED) is 0.918. The first-order valence-electron chi connectivity index (χ1n) is 7.63. The molecule has 5 nitrogen and oxygen atoms in total. The first-order chi connectivity index (χ1) is 11.2. The van der Waals surface area contributed by atoms with E-state index < -0.39 is 0 Å². The molecule has 122 valence electrons. The Morgan fingerprint density at radius 1 is 0.957 bits per heavy atom. The Kier molecular flexibility index (Phi) is 4.46. The summed E-state index contributed by atoms with van der Waals surface area (Å²) < 4.78 is 16.0. The Labute approximate surface area is 136 Å². The maximum absolute atomic E-state index is 5.44. The first kappa shape index (κ1) is 15.3. The fourth-order valence-electron chi connectivity index (χ4n) is 2.83. The van der Waals surface area contributed by atoms with E-state index in [0.717, 1.165) is 48.3 Å². The minimum Gasteiger partial charge on any atom is -0.497 e. The zero-order valence-corrected chi connectivity index (χ0v) is 13.8. The van der Waals surface area contributed by atoms with Gasteiger partial charge in [-0.15, -0.1) is 0 Å². The van der Waals surface area contributed by atoms with Crippen molar-refractivity contribution in [3.63, 3.8) is 0 Å². The van der Waals surface area contributed by atoms with E-state index in [4.69, 9.17) is 14.2 Å². The van der Waals surface area contributed by atoms with Crippen LogP contribution in [0.2, 0.25) is 0 Å². The lowest BCUT2D eigenvalue weighted by Gasteiger charge is -2.33. The highest BCUT2D eigenvalue weighted by molar-refractivity contribution is 5.77. The average molecular weight is 314 g/mol. The molecule has 0 bridgehead atoms. The summed E-state index contributed by atoms with van der Waals surface area (Å²) in [6.07, 6.45) is 0. The highest BCUT2D eigenvalue weighted by atomic mass is 16.5. The van der Waals surface area contributed by atoms with E-state index in [1.54, 1.807) is 21.3 Å². The van der Waals surface area contributed by atoms with E-state index in [1.165, 1.54) is 5.56 Å². The van der Waals surface area contributed by atoms with E-state index in [2.05, 4.69) is 22.3 Å². The monoisotopic (exact) mass is 314 g/mol. The van der Waals surface area contributed by atoms with Crippen molar-refractivity contribution in [3.05, 3.63) is 42.0 Å². The van der Waals surface area contributed by atoms with Crippen LogP contribution in [0, 0.1) is 0 Å². The Hall–Kier alpha value is -2.56. The summed E-state index contributed by atoms with van der Waals surface area (Å²) in [4.78, 5) is 2.34. The average Bonchev–Trinajstić information content (AvgIpc) is 2.61. The predicted molar refractivity (Wildman–Crippen MR) is 92.1 cm³/mol. The van der Waals surface area contributed by atoms with E-state index >= 15 is 0 Å². The largest absolute Gasteiger partial charge is 0.497 e. The highest BCUT2D eigenvalue weighted by Gasteiger charge is 2.20. The second-order valence-corrected chi connectivity index (χ2v) is 5.42. The maximum atomic E-state index is 5.44. The lowest BCUT2D eigenvalue weighted by Crippen LogP contribution is -2.33. The molecule has 0 fully saturated rings. The number of benzene rings is 2. The van der Waals surface area contributed by atoms with Gasteiger partial charge in [-0.1, -0.05) is 12.1 Å². The van der Waals surface area contributed by atoms with Crippen LogP contribution < -0.4 is 24.4 Å². The minimum atomic E-state index is 0.741. The Morgan fingerprint density at radius 3 is 2.30 bits per heavy atom. The lowest BCUT2D eigenvalue weighted by molar-refractivity contribution is 0.355. The predicted octanol–water partition coefficient (Wildman–Crippen LogP) is 3.14. The van der Waals surface area contributed by atoms with Crippen molar-refractivity contribution in [3.8, 4) is 17.2 Å². The van der Waals surface area contributed by atoms with Gasteiger partial charge in [-0.3, -0.25) is 0 Å². The molecule has 1 aliphatic heterocycles. The molecule has 2 aromatic carbocycles. The van der Waals surface area contributed by atoms with Crippen LogP contribution in [0.5, 0.6) is 17.2 Å². The number of fused-ring (bicyclic) bond motifs is 1. The summed E-state index contributed by atoms with van der Waals surface area (Å²) >= 11 is 0. The minimum absolute atomic E-state index is 0.741. The molecule has 0 unspecified atom stereocenters. The first-order valence-corrected chi connectivity index (χ1v) is 7.63. The van der Waals surface area contributed by atoms with Gasteiger partial charge in [0.05, 0.1) is 32.7 Å². The SMILES string of the molecule is COc1ccc(CN2CCNc3cc(OC)c(OC)cc32)cc1. The molecule has 0 aliphatic carbocycles. The van der Waals surface area contributed by atoms with Gasteiger partial charge in [-0.05, 0) is 17.7 Å². The molecule has 1 heterocycles. The number of methoxy groups -OCH3 is 3. The highest BCUT2D eigenvalue weighted by Crippen LogP contribution is 2.40. The maximum Gasteiger partial charge on any atom is 0.162 e. The Morgan fingerprint density at radius 2 is 1.65 bits per heavy atom. The molecule has 0 spiro atoms. The van der Waals surface area contributed by atoms with Crippen LogP contribution in [0.3, 0.4) is 0 Å². The van der Waals surface area contributed by atoms with Crippen LogP contribution in [-0.4, -0.2) is 34.4 Å². The summed E-state index contributed by atoms with van der Waals surface area (Å²) in [6, 6.07) is 12.2. The molecular formula is C18H22N2O3. The number of ether oxygens (including phenoxy) is 3. The van der Waals surface area contributed by atoms with Crippen LogP contribution in [0.25, 0.3) is 0 Å². The molecule has 0 aromatic heterocycles. The molecule has 3 rings (SSSR count). The van der Waals surface area contributed by atoms with Crippen molar-refractivity contribution in [2.24, 2.45) is 0 Å². The molecule has 0 radical (unpaired) electrons. The number of rotatable bonds is 5. The van der Waals surface area contributed by atoms with E-state index in [0.29, 0.717) is 0 Å². The van der Waals surface area contributed by atoms with Gasteiger partial charge in [-0.2, -0.15) is 0 Å². The molecule has 1 N–H and O–H groups in total. The smallest absolute Gasteiger partial charge is 0.162 e. The molecule has 0 saturated carbocycles. The summed E-state index contributed by atoms with van der Waals surface area (Å²) in [5.74, 6) is 2.36. The van der Waals surface area contributed by atoms with Gasteiger partial charge in [0.2, 0.25) is 0 Å². The van der Waals surface area contributed by atoms with E-state index in [1.807, 2.05) is 24.3 Å². The second-order valence-electron chi connectivity index (χ2n) is 5.42. The normalized spacial score (nSPS) is 13.1. The van der Waals surface area contributed by atoms with E-state index in [-0.39, 0.29) is 0 Å². The third-order valence-electron chi connectivity index (χ3n) is 4.07. The third kappa shape index (κ3) is 3.13. The van der Waals surface area contributed by atoms with E-state index in [9.17, 15) is 0 Å². The number of anilines is 2. The molecule has 23 heavy (non-hydrogen) atoms. The van der Waals surface area contributed by atoms with Crippen molar-refractivity contribution in [2.75, 3.05) is 44.6 Å². The molecule has 0 amide bonds. The Bertz CT molecular complexity index is 671. The van der Waals surface area contributed by atoms with Gasteiger partial charge < -0.3 is 24.4 Å². The standard InChI is InChI=1S/C18H22N2O3/c1-21-14-6-4-13(5-7-14)12-20-9-8-19-15-10-17(22-2)18(23-3)11-16(15)20/h4-7,10-11,19H,8-9,12H2,1-3H3. The van der Waals surface area contributed by atoms with Crippen molar-refractivity contribution < 1.29 is 14.2 Å². The van der Waals surface area contributed by atoms with Crippen LogP contribution in [0.4, 0.5) is 11.4 Å². The zero-order valence-electron chi connectivity index (χ0n) is 13.8. The summed E-state index contributed by atoms with van der Waals surface area (Å²) in [7, 11) is 5.00. The second kappa shape index (κ2) is 6.69. The molecule has 5 heteroatoms. The summed E-state index contributed by atoms with van der Waals surface area (Å²) in [5.41, 5.74) is 3.44. The van der Waals surface area contributed by atoms with Crippen molar-refractivity contribution in [1.82, 2.24) is 0 Å². The van der Waals surface area contributed by atoms with Crippen molar-refractivity contribution in [2.45, 2.75) is 6.54 Å². The summed E-state index contributed by atoms with van der Waals surface area (Å²) in [5, 5.41) is 3.43. The van der Waals surface area contributed by atoms with Gasteiger partial charge in [0.25, 0.3) is 0 Å². The van der Waals surface area contributed by atoms with Crippen molar-refractivity contribution in [1.29, 1.82) is 0 Å². The third-order valence-corrected chi connectivity index (χ3v) is 4.07. The van der Waals surface area contributed by atoms with Crippen LogP contribution >= 0.6 is 0 Å². The van der Waals surface area contributed by atoms with Crippen molar-refractivity contribution >= 4 is 11.4 Å². The zero-order chi connectivity index (χ0) is 16.2. The molecule has 0 saturated heterocycles. The van der Waals surface area contributed by atoms with Crippen LogP contribution in [-0.2, 0) is 6.54 Å². The number of hydrogen-bond acceptors (Lipinski definition) is 5. The number of hydrogen-bond donors (Lipinski definition) is 1. The lowest BCUT2D eigenvalue weighted by atomic mass is 10.1. The Balaban J connectivity index is 1.88. The fourth-order valence-corrected chi connectivity index (χ4v) is 2.83. The van der Waals surface area contributed by atoms with Crippen LogP contribution in [0.1, 0.15) is 5.56 Å². The topological polar surface area (TPSA) is 43.0 Å². The number of nitrogens with one attached hydrogen (secondary N) is 1. The van der Waals surface area contributed by atoms with Gasteiger partial charge in [0, 0.05) is 31.8 Å². The fraction of sp³-hybridized carbons (Fsp3) is 0.333. The van der Waals surface area contributed by atoms with Gasteiger partial charge in [0.1, 0.15) is 5.75 Å². The molecular weight excluding hydrogens is 292 g/mol. The molecule has 2 aromatic rings. The molecule has 1 aliphatic rings. The van der Waals surface area contributed by atoms with Gasteiger partial charge >= 0.3 is 0 Å². The number of nitrogens with zero attached hydrogens (tertiary/aromatic N) is 1.